The van der Waals surface area contributed by atoms with Gasteiger partial charge in [0.2, 0.25) is 0 Å². The molecular weight excluding hydrogens is 466 g/mol. The van der Waals surface area contributed by atoms with E-state index in [4.69, 9.17) is 9.72 Å². The molecule has 0 aliphatic heterocycles. The van der Waals surface area contributed by atoms with E-state index in [9.17, 15) is 23.5 Å². The number of benzene rings is 3. The molecule has 4 aromatic rings. The van der Waals surface area contributed by atoms with Crippen LogP contribution in [0.15, 0.2) is 66.7 Å². The predicted octanol–water partition coefficient (Wildman–Crippen LogP) is 5.50. The average Bonchev–Trinajstić information content (AvgIpc) is 3.26. The molecule has 1 aliphatic carbocycles. The van der Waals surface area contributed by atoms with Crippen LogP contribution in [0.25, 0.3) is 22.6 Å². The number of allylic oxidation sites excluding steroid dienone is 1. The third-order valence-corrected chi connectivity index (χ3v) is 5.92. The molecule has 0 saturated heterocycles. The minimum absolute atomic E-state index is 0.171. The van der Waals surface area contributed by atoms with Crippen molar-refractivity contribution < 1.29 is 28.2 Å². The summed E-state index contributed by atoms with van der Waals surface area (Å²) in [6.07, 6.45) is 3.19. The molecule has 2 N–H and O–H groups in total. The molecule has 180 valence electrons. The summed E-state index contributed by atoms with van der Waals surface area (Å²) < 4.78 is 32.2. The van der Waals surface area contributed by atoms with E-state index in [1.807, 2.05) is 12.1 Å². The van der Waals surface area contributed by atoms with Crippen molar-refractivity contribution in [3.8, 4) is 5.75 Å². The van der Waals surface area contributed by atoms with Gasteiger partial charge < -0.3 is 15.2 Å². The molecular formula is C28H20F2N2O4. The molecule has 0 fully saturated rings. The molecule has 3 aromatic carbocycles. The lowest BCUT2D eigenvalue weighted by atomic mass is 10.0. The van der Waals surface area contributed by atoms with Gasteiger partial charge in [0.15, 0.2) is 6.61 Å². The number of para-hydroxylation sites is 1. The van der Waals surface area contributed by atoms with Crippen LogP contribution in [0, 0.1) is 11.6 Å². The summed E-state index contributed by atoms with van der Waals surface area (Å²) in [5.41, 5.74) is 3.99. The monoisotopic (exact) mass is 486 g/mol. The van der Waals surface area contributed by atoms with Crippen LogP contribution in [0.1, 0.15) is 33.6 Å². The third kappa shape index (κ3) is 4.65. The molecule has 6 nitrogen and oxygen atoms in total. The first kappa shape index (κ1) is 23.2. The maximum atomic E-state index is 13.8. The maximum absolute atomic E-state index is 13.8. The Bertz CT molecular complexity index is 1530. The van der Waals surface area contributed by atoms with Crippen LogP contribution in [-0.4, -0.2) is 28.6 Å². The summed E-state index contributed by atoms with van der Waals surface area (Å²) >= 11 is 0. The standard InChI is InChI=1S/C28H20F2N2O4/c29-18-8-12-24(22(30)14-18)31-25(34)15-36-28(35)26-20-3-1-2-4-23(20)32-27-17(7-11-21(26)27)13-16-5-9-19(33)10-6-16/h1-6,8-10,12-14,33H,7,11,15H2,(H,31,34)/b17-13+. The summed E-state index contributed by atoms with van der Waals surface area (Å²) in [5, 5.41) is 12.4. The van der Waals surface area contributed by atoms with Crippen molar-refractivity contribution >= 4 is 40.1 Å². The summed E-state index contributed by atoms with van der Waals surface area (Å²) in [5.74, 6) is -2.97. The molecule has 0 unspecified atom stereocenters. The number of halogens is 2. The molecule has 5 rings (SSSR count). The van der Waals surface area contributed by atoms with Gasteiger partial charge in [-0.2, -0.15) is 0 Å². The minimum Gasteiger partial charge on any atom is -0.508 e. The highest BCUT2D eigenvalue weighted by molar-refractivity contribution is 6.08. The summed E-state index contributed by atoms with van der Waals surface area (Å²) in [4.78, 5) is 30.2. The number of nitrogens with one attached hydrogen (secondary N) is 1. The van der Waals surface area contributed by atoms with Crippen LogP contribution in [-0.2, 0) is 16.0 Å². The van der Waals surface area contributed by atoms with Crippen molar-refractivity contribution in [3.63, 3.8) is 0 Å². The fraction of sp³-hybridized carbons (Fsp3) is 0.107. The van der Waals surface area contributed by atoms with E-state index in [-0.39, 0.29) is 11.4 Å². The highest BCUT2D eigenvalue weighted by Crippen LogP contribution is 2.38. The molecule has 0 bridgehead atoms. The van der Waals surface area contributed by atoms with E-state index in [0.29, 0.717) is 41.1 Å². The highest BCUT2D eigenvalue weighted by Gasteiger charge is 2.28. The number of pyridine rings is 1. The largest absolute Gasteiger partial charge is 0.508 e. The number of amides is 1. The maximum Gasteiger partial charge on any atom is 0.339 e. The van der Waals surface area contributed by atoms with Crippen molar-refractivity contribution in [3.05, 3.63) is 101 Å². The van der Waals surface area contributed by atoms with Gasteiger partial charge in [-0.25, -0.2) is 18.6 Å². The number of aromatic nitrogens is 1. The number of hydrogen-bond acceptors (Lipinski definition) is 5. The number of anilines is 1. The number of ether oxygens (including phenoxy) is 1. The van der Waals surface area contributed by atoms with Crippen molar-refractivity contribution in [2.75, 3.05) is 11.9 Å². The second-order valence-corrected chi connectivity index (χ2v) is 8.34. The predicted molar refractivity (Wildman–Crippen MR) is 131 cm³/mol. The lowest BCUT2D eigenvalue weighted by molar-refractivity contribution is -0.119. The van der Waals surface area contributed by atoms with Crippen LogP contribution >= 0.6 is 0 Å². The van der Waals surface area contributed by atoms with Crippen molar-refractivity contribution in [2.24, 2.45) is 0 Å². The first-order chi connectivity index (χ1) is 17.4. The number of carbonyl (C=O) groups is 2. The van der Waals surface area contributed by atoms with E-state index < -0.39 is 30.1 Å². The molecule has 8 heteroatoms. The van der Waals surface area contributed by atoms with Gasteiger partial charge in [-0.05, 0) is 65.9 Å². The average molecular weight is 486 g/mol. The van der Waals surface area contributed by atoms with Gasteiger partial charge in [-0.1, -0.05) is 30.3 Å². The first-order valence-corrected chi connectivity index (χ1v) is 11.2. The SMILES string of the molecule is O=C(COC(=O)c1c2c(nc3ccccc13)/C(=C/c1ccc(O)cc1)CC2)Nc1ccc(F)cc1F. The fourth-order valence-corrected chi connectivity index (χ4v) is 4.26. The zero-order valence-electron chi connectivity index (χ0n) is 18.9. The van der Waals surface area contributed by atoms with Gasteiger partial charge >= 0.3 is 5.97 Å². The van der Waals surface area contributed by atoms with Gasteiger partial charge in [0.1, 0.15) is 17.4 Å². The molecule has 1 amide bonds. The Morgan fingerprint density at radius 3 is 2.58 bits per heavy atom. The van der Waals surface area contributed by atoms with Crippen LogP contribution in [0.3, 0.4) is 0 Å². The minimum atomic E-state index is -0.930. The number of fused-ring (bicyclic) bond motifs is 2. The molecule has 0 radical (unpaired) electrons. The van der Waals surface area contributed by atoms with Crippen molar-refractivity contribution in [1.82, 2.24) is 4.98 Å². The lowest BCUT2D eigenvalue weighted by Crippen LogP contribution is -2.22. The number of phenols is 1. The van der Waals surface area contributed by atoms with E-state index in [1.165, 1.54) is 0 Å². The van der Waals surface area contributed by atoms with E-state index in [0.717, 1.165) is 28.8 Å². The number of phenolic OH excluding ortho intramolecular Hbond substituents is 1. The van der Waals surface area contributed by atoms with Gasteiger partial charge in [0, 0.05) is 11.5 Å². The smallest absolute Gasteiger partial charge is 0.339 e. The Kier molecular flexibility index (Phi) is 6.16. The Morgan fingerprint density at radius 2 is 1.81 bits per heavy atom. The van der Waals surface area contributed by atoms with E-state index >= 15 is 0 Å². The number of rotatable bonds is 5. The Balaban J connectivity index is 1.42. The summed E-state index contributed by atoms with van der Waals surface area (Å²) in [7, 11) is 0. The molecule has 0 saturated carbocycles. The van der Waals surface area contributed by atoms with Crippen molar-refractivity contribution in [1.29, 1.82) is 0 Å². The van der Waals surface area contributed by atoms with Crippen molar-refractivity contribution in [2.45, 2.75) is 12.8 Å². The molecule has 0 spiro atoms. The van der Waals surface area contributed by atoms with Gasteiger partial charge in [0.25, 0.3) is 5.91 Å². The molecule has 0 atom stereocenters. The number of aromatic hydroxyl groups is 1. The second kappa shape index (κ2) is 9.58. The summed E-state index contributed by atoms with van der Waals surface area (Å²) in [6.45, 7) is -0.642. The summed E-state index contributed by atoms with van der Waals surface area (Å²) in [6, 6.07) is 16.7. The topological polar surface area (TPSA) is 88.5 Å². The quantitative estimate of drug-likeness (QED) is 0.364. The number of nitrogens with zero attached hydrogens (tertiary/aromatic N) is 1. The first-order valence-electron chi connectivity index (χ1n) is 11.2. The zero-order chi connectivity index (χ0) is 25.2. The number of esters is 1. The van der Waals surface area contributed by atoms with E-state index in [2.05, 4.69) is 5.32 Å². The number of hydrogen-bond donors (Lipinski definition) is 2. The number of carbonyl (C=O) groups excluding carboxylic acids is 2. The van der Waals surface area contributed by atoms with Gasteiger partial charge in [-0.3, -0.25) is 4.79 Å². The van der Waals surface area contributed by atoms with Crippen LogP contribution < -0.4 is 5.32 Å². The Hall–Kier alpha value is -4.59. The third-order valence-electron chi connectivity index (χ3n) is 5.92. The molecule has 36 heavy (non-hydrogen) atoms. The highest BCUT2D eigenvalue weighted by atomic mass is 19.1. The van der Waals surface area contributed by atoms with E-state index in [1.54, 1.807) is 42.5 Å². The van der Waals surface area contributed by atoms with Crippen LogP contribution in [0.4, 0.5) is 14.5 Å². The Labute approximate surface area is 204 Å². The van der Waals surface area contributed by atoms with Crippen LogP contribution in [0.5, 0.6) is 5.75 Å². The molecule has 1 aliphatic rings. The fourth-order valence-electron chi connectivity index (χ4n) is 4.26. The second-order valence-electron chi connectivity index (χ2n) is 8.34. The molecule has 1 aromatic heterocycles. The normalized spacial score (nSPS) is 13.6. The lowest BCUT2D eigenvalue weighted by Gasteiger charge is -2.13. The molecule has 1 heterocycles. The van der Waals surface area contributed by atoms with Crippen LogP contribution in [0.2, 0.25) is 0 Å². The Morgan fingerprint density at radius 1 is 1.03 bits per heavy atom. The zero-order valence-corrected chi connectivity index (χ0v) is 18.9. The van der Waals surface area contributed by atoms with Gasteiger partial charge in [0.05, 0.1) is 22.5 Å². The van der Waals surface area contributed by atoms with Gasteiger partial charge in [-0.15, -0.1) is 0 Å².